The Morgan fingerprint density at radius 1 is 1.00 bits per heavy atom. The minimum absolute atomic E-state index is 0.439. The molecule has 0 heterocycles. The second-order valence-electron chi connectivity index (χ2n) is 3.68. The summed E-state index contributed by atoms with van der Waals surface area (Å²) in [4.78, 5) is 0. The lowest BCUT2D eigenvalue weighted by atomic mass is 9.80. The molecule has 0 radical (unpaired) electrons. The van der Waals surface area contributed by atoms with Crippen LogP contribution in [0.15, 0.2) is 0 Å². The summed E-state index contributed by atoms with van der Waals surface area (Å²) in [5.74, 6) is 2.00. The van der Waals surface area contributed by atoms with Crippen molar-refractivity contribution in [3.8, 4) is 6.07 Å². The molecule has 2 unspecified atom stereocenters. The fraction of sp³-hybridized carbons (Fsp3) is 0.889. The molecular weight excluding hydrogens is 122 g/mol. The molecule has 2 aliphatic carbocycles. The second-order valence-corrected chi connectivity index (χ2v) is 3.68. The monoisotopic (exact) mass is 135 g/mol. The molecule has 2 aliphatic rings. The van der Waals surface area contributed by atoms with Gasteiger partial charge in [0.15, 0.2) is 0 Å². The van der Waals surface area contributed by atoms with Gasteiger partial charge in [-0.25, -0.2) is 0 Å². The Morgan fingerprint density at radius 2 is 1.60 bits per heavy atom. The lowest BCUT2D eigenvalue weighted by molar-refractivity contribution is 0.285. The third-order valence-corrected chi connectivity index (χ3v) is 3.22. The van der Waals surface area contributed by atoms with E-state index in [0.717, 1.165) is 11.8 Å². The number of rotatable bonds is 0. The van der Waals surface area contributed by atoms with E-state index in [-0.39, 0.29) is 0 Å². The van der Waals surface area contributed by atoms with Crippen LogP contribution in [0.3, 0.4) is 0 Å². The lowest BCUT2D eigenvalue weighted by Crippen LogP contribution is -2.17. The van der Waals surface area contributed by atoms with E-state index in [4.69, 9.17) is 5.26 Å². The first kappa shape index (κ1) is 6.22. The van der Waals surface area contributed by atoms with Crippen molar-refractivity contribution in [3.63, 3.8) is 0 Å². The van der Waals surface area contributed by atoms with Crippen LogP contribution >= 0.6 is 0 Å². The van der Waals surface area contributed by atoms with Crippen molar-refractivity contribution >= 4 is 0 Å². The van der Waals surface area contributed by atoms with Gasteiger partial charge in [-0.15, -0.1) is 0 Å². The van der Waals surface area contributed by atoms with E-state index < -0.39 is 0 Å². The number of fused-ring (bicyclic) bond motifs is 2. The minimum Gasteiger partial charge on any atom is -0.198 e. The fourth-order valence-electron chi connectivity index (χ4n) is 2.67. The highest BCUT2D eigenvalue weighted by Gasteiger charge is 2.38. The molecule has 2 fully saturated rings. The van der Waals surface area contributed by atoms with Crippen molar-refractivity contribution in [1.29, 1.82) is 5.26 Å². The molecule has 0 aromatic heterocycles. The lowest BCUT2D eigenvalue weighted by Gasteiger charge is -2.23. The van der Waals surface area contributed by atoms with Crippen LogP contribution in [0, 0.1) is 29.1 Å². The molecule has 2 bridgehead atoms. The maximum Gasteiger partial charge on any atom is 0.0661 e. The number of nitriles is 1. The largest absolute Gasteiger partial charge is 0.198 e. The molecule has 2 atom stereocenters. The topological polar surface area (TPSA) is 23.8 Å². The summed E-state index contributed by atoms with van der Waals surface area (Å²) in [6.45, 7) is 0. The van der Waals surface area contributed by atoms with Crippen molar-refractivity contribution in [3.05, 3.63) is 0 Å². The Balaban J connectivity index is 2.15. The molecule has 1 nitrogen and oxygen atoms in total. The predicted molar refractivity (Wildman–Crippen MR) is 39.2 cm³/mol. The Bertz CT molecular complexity index is 152. The first-order chi connectivity index (χ1) is 4.92. The highest BCUT2D eigenvalue weighted by atomic mass is 14.4. The number of nitrogens with zero attached hydrogens (tertiary/aromatic N) is 1. The molecule has 54 valence electrons. The molecule has 0 aromatic rings. The average Bonchev–Trinajstić information content (AvgIpc) is 2.19. The van der Waals surface area contributed by atoms with Crippen LogP contribution in [0.1, 0.15) is 32.1 Å². The maximum atomic E-state index is 8.82. The van der Waals surface area contributed by atoms with E-state index in [0.29, 0.717) is 5.92 Å². The van der Waals surface area contributed by atoms with Gasteiger partial charge in [-0.1, -0.05) is 6.42 Å². The molecular formula is C9H13N. The summed E-state index contributed by atoms with van der Waals surface area (Å²) >= 11 is 0. The fourth-order valence-corrected chi connectivity index (χ4v) is 2.67. The third-order valence-electron chi connectivity index (χ3n) is 3.22. The minimum atomic E-state index is 0.439. The molecule has 1 heteroatoms. The summed E-state index contributed by atoms with van der Waals surface area (Å²) < 4.78 is 0. The van der Waals surface area contributed by atoms with E-state index >= 15 is 0 Å². The van der Waals surface area contributed by atoms with Gasteiger partial charge in [0.25, 0.3) is 0 Å². The van der Waals surface area contributed by atoms with Crippen LogP contribution in [0.4, 0.5) is 0 Å². The van der Waals surface area contributed by atoms with Gasteiger partial charge < -0.3 is 0 Å². The maximum absolute atomic E-state index is 8.82. The van der Waals surface area contributed by atoms with Crippen molar-refractivity contribution in [2.75, 3.05) is 0 Å². The Morgan fingerprint density at radius 3 is 2.00 bits per heavy atom. The highest BCUT2D eigenvalue weighted by Crippen LogP contribution is 2.46. The quantitative estimate of drug-likeness (QED) is 0.500. The van der Waals surface area contributed by atoms with Crippen LogP contribution in [0.5, 0.6) is 0 Å². The third kappa shape index (κ3) is 0.751. The van der Waals surface area contributed by atoms with Crippen LogP contribution < -0.4 is 0 Å². The van der Waals surface area contributed by atoms with Gasteiger partial charge in [0.05, 0.1) is 12.0 Å². The van der Waals surface area contributed by atoms with E-state index in [2.05, 4.69) is 6.07 Å². The number of hydrogen-bond acceptors (Lipinski definition) is 1. The Labute approximate surface area is 62.0 Å². The van der Waals surface area contributed by atoms with E-state index in [1.807, 2.05) is 0 Å². The zero-order valence-corrected chi connectivity index (χ0v) is 6.21. The van der Waals surface area contributed by atoms with Crippen molar-refractivity contribution in [2.45, 2.75) is 32.1 Å². The predicted octanol–water partition coefficient (Wildman–Crippen LogP) is 2.34. The average molecular weight is 135 g/mol. The zero-order chi connectivity index (χ0) is 6.97. The smallest absolute Gasteiger partial charge is 0.0661 e. The van der Waals surface area contributed by atoms with Gasteiger partial charge in [-0.2, -0.15) is 5.26 Å². The SMILES string of the molecule is N#CC1C2CCCC1CC2. The molecule has 10 heavy (non-hydrogen) atoms. The van der Waals surface area contributed by atoms with Crippen LogP contribution in [0.2, 0.25) is 0 Å². The van der Waals surface area contributed by atoms with Crippen molar-refractivity contribution in [2.24, 2.45) is 17.8 Å². The van der Waals surface area contributed by atoms with Crippen molar-refractivity contribution < 1.29 is 0 Å². The standard InChI is InChI=1S/C9H13N/c10-6-9-7-2-1-3-8(9)5-4-7/h7-9H,1-5H2. The molecule has 0 spiro atoms. The zero-order valence-electron chi connectivity index (χ0n) is 6.21. The number of hydrogen-bond donors (Lipinski definition) is 0. The van der Waals surface area contributed by atoms with Gasteiger partial charge in [-0.3, -0.25) is 0 Å². The van der Waals surface area contributed by atoms with Gasteiger partial charge in [0.1, 0.15) is 0 Å². The molecule has 0 N–H and O–H groups in total. The first-order valence-electron chi connectivity index (χ1n) is 4.31. The van der Waals surface area contributed by atoms with E-state index in [1.165, 1.54) is 32.1 Å². The van der Waals surface area contributed by atoms with E-state index in [9.17, 15) is 0 Å². The molecule has 2 rings (SSSR count). The summed E-state index contributed by atoms with van der Waals surface area (Å²) in [7, 11) is 0. The van der Waals surface area contributed by atoms with Crippen molar-refractivity contribution in [1.82, 2.24) is 0 Å². The Hall–Kier alpha value is -0.510. The van der Waals surface area contributed by atoms with Gasteiger partial charge in [0.2, 0.25) is 0 Å². The summed E-state index contributed by atoms with van der Waals surface area (Å²) in [5, 5.41) is 8.82. The first-order valence-corrected chi connectivity index (χ1v) is 4.31. The highest BCUT2D eigenvalue weighted by molar-refractivity contribution is 4.99. The molecule has 0 aliphatic heterocycles. The van der Waals surface area contributed by atoms with Gasteiger partial charge in [0, 0.05) is 0 Å². The molecule has 0 amide bonds. The van der Waals surface area contributed by atoms with Gasteiger partial charge >= 0.3 is 0 Å². The molecule has 2 saturated carbocycles. The van der Waals surface area contributed by atoms with Crippen LogP contribution in [-0.2, 0) is 0 Å². The molecule has 0 aromatic carbocycles. The summed E-state index contributed by atoms with van der Waals surface area (Å²) in [6, 6.07) is 2.47. The molecule has 0 saturated heterocycles. The van der Waals surface area contributed by atoms with Gasteiger partial charge in [-0.05, 0) is 37.5 Å². The van der Waals surface area contributed by atoms with E-state index in [1.54, 1.807) is 0 Å². The normalized spacial score (nSPS) is 44.9. The van der Waals surface area contributed by atoms with Crippen LogP contribution in [0.25, 0.3) is 0 Å². The second kappa shape index (κ2) is 2.27. The summed E-state index contributed by atoms with van der Waals surface area (Å²) in [6.07, 6.45) is 6.71. The summed E-state index contributed by atoms with van der Waals surface area (Å²) in [5.41, 5.74) is 0. The van der Waals surface area contributed by atoms with Crippen LogP contribution in [-0.4, -0.2) is 0 Å². The Kier molecular flexibility index (Phi) is 1.41.